The molecule has 1 rings (SSSR count). The van der Waals surface area contributed by atoms with Crippen LogP contribution in [0.25, 0.3) is 0 Å². The van der Waals surface area contributed by atoms with Crippen LogP contribution in [0.3, 0.4) is 0 Å². The predicted octanol–water partition coefficient (Wildman–Crippen LogP) is 2.09. The molecule has 0 fully saturated rings. The lowest BCUT2D eigenvalue weighted by Gasteiger charge is -2.19. The van der Waals surface area contributed by atoms with Crippen LogP contribution in [0.15, 0.2) is 18.2 Å². The molecule has 0 saturated carbocycles. The molecule has 0 saturated heterocycles. The molecule has 0 aromatic heterocycles. The molecule has 0 atom stereocenters. The Balaban J connectivity index is 3.01. The summed E-state index contributed by atoms with van der Waals surface area (Å²) in [6.07, 6.45) is 0. The van der Waals surface area contributed by atoms with Crippen molar-refractivity contribution in [1.82, 2.24) is 0 Å². The SMILES string of the molecule is Cc1cc(C#CCN)cc(NS(=O)(=O)CC(C)(C)C)c1. The van der Waals surface area contributed by atoms with Gasteiger partial charge < -0.3 is 5.73 Å². The van der Waals surface area contributed by atoms with Crippen LogP contribution < -0.4 is 10.5 Å². The first kappa shape index (κ1) is 16.5. The van der Waals surface area contributed by atoms with Gasteiger partial charge in [0.2, 0.25) is 10.0 Å². The minimum absolute atomic E-state index is 0.0672. The van der Waals surface area contributed by atoms with Gasteiger partial charge in [0.1, 0.15) is 0 Å². The number of aryl methyl sites for hydroxylation is 1. The molecule has 0 aliphatic rings. The van der Waals surface area contributed by atoms with E-state index in [2.05, 4.69) is 16.6 Å². The van der Waals surface area contributed by atoms with Gasteiger partial charge in [0.25, 0.3) is 0 Å². The van der Waals surface area contributed by atoms with Gasteiger partial charge in [-0.1, -0.05) is 32.6 Å². The lowest BCUT2D eigenvalue weighted by atomic mass is 10.0. The molecule has 0 heterocycles. The van der Waals surface area contributed by atoms with Gasteiger partial charge in [-0.25, -0.2) is 8.42 Å². The van der Waals surface area contributed by atoms with Crippen molar-refractivity contribution in [2.75, 3.05) is 17.0 Å². The average Bonchev–Trinajstić information content (AvgIpc) is 2.21. The Hall–Kier alpha value is -1.51. The van der Waals surface area contributed by atoms with Crippen LogP contribution in [-0.4, -0.2) is 20.7 Å². The van der Waals surface area contributed by atoms with Crippen LogP contribution in [-0.2, 0) is 10.0 Å². The maximum absolute atomic E-state index is 12.1. The first-order chi connectivity index (χ1) is 9.11. The van der Waals surface area contributed by atoms with Gasteiger partial charge in [-0.2, -0.15) is 0 Å². The molecule has 0 unspecified atom stereocenters. The molecule has 1 aromatic carbocycles. The average molecular weight is 294 g/mol. The molecule has 0 spiro atoms. The first-order valence-corrected chi connectivity index (χ1v) is 8.08. The highest BCUT2D eigenvalue weighted by atomic mass is 32.2. The summed E-state index contributed by atoms with van der Waals surface area (Å²) in [6.45, 7) is 7.84. The highest BCUT2D eigenvalue weighted by molar-refractivity contribution is 7.92. The Kier molecular flexibility index (Phi) is 5.21. The number of nitrogens with one attached hydrogen (secondary N) is 1. The molecule has 3 N–H and O–H groups in total. The van der Waals surface area contributed by atoms with E-state index in [0.717, 1.165) is 11.1 Å². The molecule has 0 aliphatic carbocycles. The van der Waals surface area contributed by atoms with Crippen molar-refractivity contribution in [2.24, 2.45) is 11.1 Å². The second-order valence-corrected chi connectivity index (χ2v) is 7.74. The topological polar surface area (TPSA) is 72.2 Å². The molecule has 0 radical (unpaired) electrons. The number of hydrogen-bond acceptors (Lipinski definition) is 3. The van der Waals surface area contributed by atoms with Gasteiger partial charge in [0, 0.05) is 11.3 Å². The van der Waals surface area contributed by atoms with E-state index < -0.39 is 10.0 Å². The standard InChI is InChI=1S/C15H22N2O2S/c1-12-8-13(6-5-7-16)10-14(9-12)17-20(18,19)11-15(2,3)4/h8-10,17H,7,11,16H2,1-4H3. The predicted molar refractivity (Wildman–Crippen MR) is 84.0 cm³/mol. The molecule has 0 amide bonds. The minimum Gasteiger partial charge on any atom is -0.320 e. The highest BCUT2D eigenvalue weighted by Gasteiger charge is 2.21. The lowest BCUT2D eigenvalue weighted by molar-refractivity contribution is 0.463. The number of anilines is 1. The zero-order chi connectivity index (χ0) is 15.4. The molecule has 110 valence electrons. The fourth-order valence-corrected chi connectivity index (χ4v) is 3.54. The lowest BCUT2D eigenvalue weighted by Crippen LogP contribution is -2.26. The zero-order valence-corrected chi connectivity index (χ0v) is 13.3. The van der Waals surface area contributed by atoms with E-state index in [1.807, 2.05) is 33.8 Å². The summed E-state index contributed by atoms with van der Waals surface area (Å²) in [5.74, 6) is 5.74. The molecule has 0 bridgehead atoms. The van der Waals surface area contributed by atoms with Gasteiger partial charge in [-0.3, -0.25) is 4.72 Å². The minimum atomic E-state index is -3.37. The second kappa shape index (κ2) is 6.29. The van der Waals surface area contributed by atoms with Crippen LogP contribution in [0.2, 0.25) is 0 Å². The van der Waals surface area contributed by atoms with E-state index in [-0.39, 0.29) is 17.7 Å². The first-order valence-electron chi connectivity index (χ1n) is 6.42. The van der Waals surface area contributed by atoms with Crippen molar-refractivity contribution >= 4 is 15.7 Å². The fraction of sp³-hybridized carbons (Fsp3) is 0.467. The van der Waals surface area contributed by atoms with E-state index in [1.165, 1.54) is 0 Å². The fourth-order valence-electron chi connectivity index (χ4n) is 1.85. The Morgan fingerprint density at radius 1 is 1.25 bits per heavy atom. The summed E-state index contributed by atoms with van der Waals surface area (Å²) in [4.78, 5) is 0. The van der Waals surface area contributed by atoms with E-state index in [4.69, 9.17) is 5.73 Å². The monoisotopic (exact) mass is 294 g/mol. The van der Waals surface area contributed by atoms with E-state index in [0.29, 0.717) is 5.69 Å². The van der Waals surface area contributed by atoms with Crippen LogP contribution >= 0.6 is 0 Å². The zero-order valence-electron chi connectivity index (χ0n) is 12.4. The van der Waals surface area contributed by atoms with E-state index in [9.17, 15) is 8.42 Å². The third-order valence-corrected chi connectivity index (χ3v) is 4.10. The smallest absolute Gasteiger partial charge is 0.233 e. The van der Waals surface area contributed by atoms with Crippen molar-refractivity contribution in [3.05, 3.63) is 29.3 Å². The van der Waals surface area contributed by atoms with Crippen molar-refractivity contribution in [3.8, 4) is 11.8 Å². The number of nitrogens with two attached hydrogens (primary N) is 1. The molecular weight excluding hydrogens is 272 g/mol. The second-order valence-electron chi connectivity index (χ2n) is 6.02. The molecule has 0 aliphatic heterocycles. The Bertz CT molecular complexity index is 632. The summed E-state index contributed by atoms with van der Waals surface area (Å²) in [5, 5.41) is 0. The van der Waals surface area contributed by atoms with Gasteiger partial charge >= 0.3 is 0 Å². The van der Waals surface area contributed by atoms with Gasteiger partial charge in [-0.05, 0) is 36.1 Å². The normalized spacial score (nSPS) is 11.7. The Labute approximate surface area is 121 Å². The summed E-state index contributed by atoms with van der Waals surface area (Å²) in [7, 11) is -3.37. The number of rotatable bonds is 3. The van der Waals surface area contributed by atoms with E-state index in [1.54, 1.807) is 12.1 Å². The van der Waals surface area contributed by atoms with Gasteiger partial charge in [0.05, 0.1) is 12.3 Å². The molecule has 20 heavy (non-hydrogen) atoms. The maximum atomic E-state index is 12.1. The quantitative estimate of drug-likeness (QED) is 0.839. The Morgan fingerprint density at radius 3 is 2.45 bits per heavy atom. The van der Waals surface area contributed by atoms with Gasteiger partial charge in [-0.15, -0.1) is 0 Å². The van der Waals surface area contributed by atoms with E-state index >= 15 is 0 Å². The summed E-state index contributed by atoms with van der Waals surface area (Å²) in [6, 6.07) is 5.40. The van der Waals surface area contributed by atoms with Crippen molar-refractivity contribution in [3.63, 3.8) is 0 Å². The Morgan fingerprint density at radius 2 is 1.90 bits per heavy atom. The highest BCUT2D eigenvalue weighted by Crippen LogP contribution is 2.20. The summed E-state index contributed by atoms with van der Waals surface area (Å²) >= 11 is 0. The van der Waals surface area contributed by atoms with Crippen molar-refractivity contribution in [2.45, 2.75) is 27.7 Å². The van der Waals surface area contributed by atoms with Crippen LogP contribution in [0.4, 0.5) is 5.69 Å². The molecule has 5 heteroatoms. The third-order valence-electron chi connectivity index (χ3n) is 2.31. The molecule has 1 aromatic rings. The van der Waals surface area contributed by atoms with Crippen molar-refractivity contribution < 1.29 is 8.42 Å². The summed E-state index contributed by atoms with van der Waals surface area (Å²) < 4.78 is 26.8. The number of benzene rings is 1. The van der Waals surface area contributed by atoms with Gasteiger partial charge in [0.15, 0.2) is 0 Å². The molecule has 4 nitrogen and oxygen atoms in total. The van der Waals surface area contributed by atoms with Crippen LogP contribution in [0.5, 0.6) is 0 Å². The van der Waals surface area contributed by atoms with Crippen LogP contribution in [0, 0.1) is 24.2 Å². The summed E-state index contributed by atoms with van der Waals surface area (Å²) in [5.41, 5.74) is 7.28. The van der Waals surface area contributed by atoms with Crippen molar-refractivity contribution in [1.29, 1.82) is 0 Å². The number of hydrogen-bond donors (Lipinski definition) is 2. The number of sulfonamides is 1. The van der Waals surface area contributed by atoms with Crippen LogP contribution in [0.1, 0.15) is 31.9 Å². The molecular formula is C15H22N2O2S. The largest absolute Gasteiger partial charge is 0.320 e. The third kappa shape index (κ3) is 6.09. The maximum Gasteiger partial charge on any atom is 0.233 e.